The summed E-state index contributed by atoms with van der Waals surface area (Å²) in [5.74, 6) is 0.316. The molecule has 9 heteroatoms. The summed E-state index contributed by atoms with van der Waals surface area (Å²) in [5.41, 5.74) is 2.24. The van der Waals surface area contributed by atoms with E-state index in [0.717, 1.165) is 23.4 Å². The molecule has 0 aliphatic carbocycles. The largest absolute Gasteiger partial charge is 0.321 e. The number of aromatic nitrogens is 1. The van der Waals surface area contributed by atoms with Crippen molar-refractivity contribution in [2.75, 3.05) is 18.4 Å². The molecule has 158 valence electrons. The van der Waals surface area contributed by atoms with Crippen LogP contribution in [0.2, 0.25) is 0 Å². The fourth-order valence-corrected chi connectivity index (χ4v) is 6.53. The predicted octanol–water partition coefficient (Wildman–Crippen LogP) is 4.85. The fourth-order valence-electron chi connectivity index (χ4n) is 3.39. The summed E-state index contributed by atoms with van der Waals surface area (Å²) >= 11 is 2.94. The lowest BCUT2D eigenvalue weighted by atomic mass is 10.0. The van der Waals surface area contributed by atoms with E-state index in [1.807, 2.05) is 23.8 Å². The first-order valence-corrected chi connectivity index (χ1v) is 13.0. The molecule has 0 atom stereocenters. The molecule has 1 aliphatic rings. The van der Waals surface area contributed by atoms with Crippen molar-refractivity contribution in [3.63, 3.8) is 0 Å². The molecule has 30 heavy (non-hydrogen) atoms. The number of amides is 1. The Bertz CT molecular complexity index is 1130. The zero-order valence-corrected chi connectivity index (χ0v) is 19.2. The van der Waals surface area contributed by atoms with Gasteiger partial charge in [-0.1, -0.05) is 6.92 Å². The molecule has 1 saturated heterocycles. The highest BCUT2D eigenvalue weighted by Crippen LogP contribution is 2.30. The van der Waals surface area contributed by atoms with Crippen LogP contribution in [0, 0.1) is 12.8 Å². The Morgan fingerprint density at radius 1 is 1.17 bits per heavy atom. The van der Waals surface area contributed by atoms with Gasteiger partial charge >= 0.3 is 0 Å². The molecule has 1 aliphatic heterocycles. The average Bonchev–Trinajstić information content (AvgIpc) is 3.38. The first kappa shape index (κ1) is 21.2. The summed E-state index contributed by atoms with van der Waals surface area (Å²) in [4.78, 5) is 18.0. The maximum absolute atomic E-state index is 12.8. The molecule has 0 unspecified atom stereocenters. The third-order valence-corrected chi connectivity index (χ3v) is 9.06. The van der Waals surface area contributed by atoms with Gasteiger partial charge in [0, 0.05) is 29.7 Å². The molecule has 6 nitrogen and oxygen atoms in total. The van der Waals surface area contributed by atoms with Crippen LogP contribution in [-0.2, 0) is 10.0 Å². The summed E-state index contributed by atoms with van der Waals surface area (Å²) in [6, 6.07) is 8.35. The molecule has 3 aromatic rings. The number of hydrogen-bond donors (Lipinski definition) is 1. The predicted molar refractivity (Wildman–Crippen MR) is 122 cm³/mol. The first-order valence-electron chi connectivity index (χ1n) is 9.76. The Morgan fingerprint density at radius 3 is 2.50 bits per heavy atom. The Morgan fingerprint density at radius 2 is 1.87 bits per heavy atom. The minimum atomic E-state index is -3.50. The van der Waals surface area contributed by atoms with Gasteiger partial charge in [0.15, 0.2) is 0 Å². The topological polar surface area (TPSA) is 79.4 Å². The number of piperidine rings is 1. The number of benzene rings is 1. The van der Waals surface area contributed by atoms with Crippen LogP contribution in [0.25, 0.3) is 10.6 Å². The maximum atomic E-state index is 12.8. The van der Waals surface area contributed by atoms with Gasteiger partial charge in [0.25, 0.3) is 5.91 Å². The number of aryl methyl sites for hydroxylation is 1. The highest BCUT2D eigenvalue weighted by atomic mass is 32.2. The Kier molecular flexibility index (Phi) is 6.06. The quantitative estimate of drug-likeness (QED) is 0.589. The Labute approximate surface area is 184 Å². The van der Waals surface area contributed by atoms with Crippen molar-refractivity contribution >= 4 is 44.3 Å². The van der Waals surface area contributed by atoms with E-state index >= 15 is 0 Å². The molecule has 0 saturated carbocycles. The summed E-state index contributed by atoms with van der Waals surface area (Å²) in [6.45, 7) is 5.07. The van der Waals surface area contributed by atoms with E-state index in [1.54, 1.807) is 39.9 Å². The molecule has 1 fully saturated rings. The number of anilines is 1. The molecule has 3 heterocycles. The van der Waals surface area contributed by atoms with Crippen molar-refractivity contribution in [1.82, 2.24) is 9.29 Å². The van der Waals surface area contributed by atoms with Gasteiger partial charge in [0.1, 0.15) is 9.88 Å². The van der Waals surface area contributed by atoms with Gasteiger partial charge in [0.2, 0.25) is 10.0 Å². The first-order chi connectivity index (χ1) is 14.3. The maximum Gasteiger partial charge on any atom is 0.267 e. The molecule has 0 spiro atoms. The standard InChI is InChI=1S/C21H23N3O3S3/c1-14-7-10-24(11-8-14)30(26,27)18-5-3-17(4-6-18)23-20(25)19-15(2)22-21(29-19)16-9-12-28-13-16/h3-6,9,12-14H,7-8,10-11H2,1-2H3,(H,23,25). The van der Waals surface area contributed by atoms with Crippen molar-refractivity contribution in [3.05, 3.63) is 51.7 Å². The van der Waals surface area contributed by atoms with Crippen molar-refractivity contribution < 1.29 is 13.2 Å². The lowest BCUT2D eigenvalue weighted by Crippen LogP contribution is -2.37. The monoisotopic (exact) mass is 461 g/mol. The average molecular weight is 462 g/mol. The number of thiophene rings is 1. The molecular weight excluding hydrogens is 438 g/mol. The number of nitrogens with zero attached hydrogens (tertiary/aromatic N) is 2. The number of thiazole rings is 1. The number of carbonyl (C=O) groups is 1. The van der Waals surface area contributed by atoms with Crippen molar-refractivity contribution in [3.8, 4) is 10.6 Å². The van der Waals surface area contributed by atoms with E-state index < -0.39 is 10.0 Å². The van der Waals surface area contributed by atoms with Crippen LogP contribution in [0.5, 0.6) is 0 Å². The number of sulfonamides is 1. The fraction of sp³-hybridized carbons (Fsp3) is 0.333. The molecule has 1 amide bonds. The van der Waals surface area contributed by atoms with E-state index in [2.05, 4.69) is 17.2 Å². The van der Waals surface area contributed by atoms with Crippen molar-refractivity contribution in [2.45, 2.75) is 31.6 Å². The van der Waals surface area contributed by atoms with Crippen LogP contribution in [0.15, 0.2) is 46.0 Å². The molecule has 0 radical (unpaired) electrons. The zero-order valence-electron chi connectivity index (χ0n) is 16.8. The van der Waals surface area contributed by atoms with E-state index in [9.17, 15) is 13.2 Å². The third-order valence-electron chi connectivity index (χ3n) is 5.26. The Balaban J connectivity index is 1.47. The van der Waals surface area contributed by atoms with Gasteiger partial charge in [-0.3, -0.25) is 4.79 Å². The second-order valence-electron chi connectivity index (χ2n) is 7.51. The van der Waals surface area contributed by atoms with Crippen LogP contribution >= 0.6 is 22.7 Å². The van der Waals surface area contributed by atoms with Gasteiger partial charge in [-0.15, -0.1) is 11.3 Å². The van der Waals surface area contributed by atoms with Gasteiger partial charge in [-0.05, 0) is 61.4 Å². The second-order valence-corrected chi connectivity index (χ2v) is 11.2. The van der Waals surface area contributed by atoms with Crippen LogP contribution in [-0.4, -0.2) is 36.7 Å². The molecular formula is C21H23N3O3S3. The lowest BCUT2D eigenvalue weighted by molar-refractivity contribution is 0.103. The molecule has 1 aromatic carbocycles. The zero-order chi connectivity index (χ0) is 21.3. The summed E-state index contributed by atoms with van der Waals surface area (Å²) < 4.78 is 27.2. The minimum Gasteiger partial charge on any atom is -0.321 e. The van der Waals surface area contributed by atoms with Gasteiger partial charge in [0.05, 0.1) is 10.6 Å². The highest BCUT2D eigenvalue weighted by Gasteiger charge is 2.28. The van der Waals surface area contributed by atoms with Gasteiger partial charge < -0.3 is 5.32 Å². The Hall–Kier alpha value is -2.07. The number of rotatable bonds is 5. The van der Waals surface area contributed by atoms with E-state index in [-0.39, 0.29) is 10.8 Å². The lowest BCUT2D eigenvalue weighted by Gasteiger charge is -2.29. The number of carbonyl (C=O) groups excluding carboxylic acids is 1. The van der Waals surface area contributed by atoms with E-state index in [4.69, 9.17) is 0 Å². The minimum absolute atomic E-state index is 0.243. The van der Waals surface area contributed by atoms with Crippen molar-refractivity contribution in [2.24, 2.45) is 5.92 Å². The molecule has 4 rings (SSSR count). The van der Waals surface area contributed by atoms with Crippen LogP contribution < -0.4 is 5.32 Å². The van der Waals surface area contributed by atoms with Crippen LogP contribution in [0.4, 0.5) is 5.69 Å². The molecule has 2 aromatic heterocycles. The number of hydrogen-bond acceptors (Lipinski definition) is 6. The number of nitrogens with one attached hydrogen (secondary N) is 1. The normalized spacial score (nSPS) is 15.9. The second kappa shape index (κ2) is 8.58. The van der Waals surface area contributed by atoms with Gasteiger partial charge in [-0.2, -0.15) is 15.6 Å². The van der Waals surface area contributed by atoms with E-state index in [0.29, 0.717) is 35.3 Å². The van der Waals surface area contributed by atoms with Crippen LogP contribution in [0.3, 0.4) is 0 Å². The molecule has 1 N–H and O–H groups in total. The summed E-state index contributed by atoms with van der Waals surface area (Å²) in [5, 5.41) is 7.64. The smallest absolute Gasteiger partial charge is 0.267 e. The SMILES string of the molecule is Cc1nc(-c2ccsc2)sc1C(=O)Nc1ccc(S(=O)(=O)N2CCC(C)CC2)cc1. The third kappa shape index (κ3) is 4.34. The summed E-state index contributed by atoms with van der Waals surface area (Å²) in [6.07, 6.45) is 1.77. The highest BCUT2D eigenvalue weighted by molar-refractivity contribution is 7.89. The molecule has 0 bridgehead atoms. The van der Waals surface area contributed by atoms with Crippen LogP contribution in [0.1, 0.15) is 35.1 Å². The van der Waals surface area contributed by atoms with Crippen molar-refractivity contribution in [1.29, 1.82) is 0 Å². The summed E-state index contributed by atoms with van der Waals surface area (Å²) in [7, 11) is -3.50. The van der Waals surface area contributed by atoms with Gasteiger partial charge in [-0.25, -0.2) is 13.4 Å². The van der Waals surface area contributed by atoms with E-state index in [1.165, 1.54) is 11.3 Å².